The van der Waals surface area contributed by atoms with Gasteiger partial charge in [-0.3, -0.25) is 14.4 Å². The topological polar surface area (TPSA) is 97.4 Å². The Kier molecular flexibility index (Phi) is 4.83. The number of carbonyl (C=O) groups excluding carboxylic acids is 3. The number of carbonyl (C=O) groups is 3. The molecule has 4 rings (SSSR count). The van der Waals surface area contributed by atoms with Crippen LogP contribution in [0.3, 0.4) is 0 Å². The third kappa shape index (κ3) is 3.33. The van der Waals surface area contributed by atoms with Crippen LogP contribution in [0.25, 0.3) is 0 Å². The van der Waals surface area contributed by atoms with Crippen LogP contribution in [0.4, 0.5) is 5.69 Å². The van der Waals surface area contributed by atoms with Crippen molar-refractivity contribution in [3.63, 3.8) is 0 Å². The minimum Gasteiger partial charge on any atom is -0.322 e. The molecule has 1 aliphatic rings. The van der Waals surface area contributed by atoms with E-state index in [1.807, 2.05) is 0 Å². The number of benzene rings is 3. The maximum absolute atomic E-state index is 12.8. The quantitative estimate of drug-likeness (QED) is 0.546. The Morgan fingerprint density at radius 3 is 1.97 bits per heavy atom. The fraction of sp³-hybridized carbons (Fsp3) is 0.0870. The molecule has 3 aromatic carbocycles. The molecule has 0 aliphatic heterocycles. The number of sulfone groups is 1. The molecule has 0 unspecified atom stereocenters. The Hall–Kier alpha value is -3.58. The van der Waals surface area contributed by atoms with Gasteiger partial charge in [0.2, 0.25) is 0 Å². The van der Waals surface area contributed by atoms with Crippen LogP contribution in [0.15, 0.2) is 71.6 Å². The van der Waals surface area contributed by atoms with Crippen molar-refractivity contribution >= 4 is 33.0 Å². The number of rotatable bonds is 4. The summed E-state index contributed by atoms with van der Waals surface area (Å²) in [5, 5.41) is 2.69. The molecule has 1 amide bonds. The minimum atomic E-state index is -3.35. The van der Waals surface area contributed by atoms with Crippen LogP contribution in [0.2, 0.25) is 0 Å². The van der Waals surface area contributed by atoms with Crippen LogP contribution in [-0.2, 0) is 9.84 Å². The predicted molar refractivity (Wildman–Crippen MR) is 112 cm³/mol. The van der Waals surface area contributed by atoms with Crippen LogP contribution in [0.5, 0.6) is 0 Å². The Labute approximate surface area is 173 Å². The number of hydrogen-bond acceptors (Lipinski definition) is 5. The van der Waals surface area contributed by atoms with E-state index in [-0.39, 0.29) is 33.3 Å². The fourth-order valence-electron chi connectivity index (χ4n) is 3.36. The van der Waals surface area contributed by atoms with Crippen molar-refractivity contribution in [2.45, 2.75) is 11.8 Å². The van der Waals surface area contributed by atoms with Crippen LogP contribution in [0.1, 0.15) is 49.1 Å². The molecule has 7 heteroatoms. The van der Waals surface area contributed by atoms with E-state index in [0.717, 1.165) is 0 Å². The first-order chi connectivity index (χ1) is 14.3. The zero-order valence-corrected chi connectivity index (χ0v) is 16.8. The van der Waals surface area contributed by atoms with Gasteiger partial charge in [0.05, 0.1) is 10.6 Å². The Morgan fingerprint density at radius 2 is 1.37 bits per heavy atom. The second kappa shape index (κ2) is 7.35. The summed E-state index contributed by atoms with van der Waals surface area (Å²) in [6.45, 7) is 1.55. The summed E-state index contributed by atoms with van der Waals surface area (Å²) in [6, 6.07) is 16.8. The molecule has 150 valence electrons. The van der Waals surface area contributed by atoms with Gasteiger partial charge in [0.25, 0.3) is 5.91 Å². The van der Waals surface area contributed by atoms with E-state index in [0.29, 0.717) is 22.4 Å². The van der Waals surface area contributed by atoms with Crippen molar-refractivity contribution in [3.8, 4) is 0 Å². The average molecular weight is 419 g/mol. The Balaban J connectivity index is 1.60. The summed E-state index contributed by atoms with van der Waals surface area (Å²) < 4.78 is 23.8. The van der Waals surface area contributed by atoms with Gasteiger partial charge in [-0.2, -0.15) is 0 Å². The van der Waals surface area contributed by atoms with Crippen LogP contribution in [-0.4, -0.2) is 31.6 Å². The van der Waals surface area contributed by atoms with Gasteiger partial charge in [-0.1, -0.05) is 31.2 Å². The van der Waals surface area contributed by atoms with Crippen molar-refractivity contribution in [1.82, 2.24) is 0 Å². The van der Waals surface area contributed by atoms with Crippen LogP contribution in [0, 0.1) is 0 Å². The highest BCUT2D eigenvalue weighted by Gasteiger charge is 2.29. The van der Waals surface area contributed by atoms with Gasteiger partial charge in [-0.25, -0.2) is 8.42 Å². The van der Waals surface area contributed by atoms with E-state index < -0.39 is 15.7 Å². The van der Waals surface area contributed by atoms with Crippen molar-refractivity contribution in [1.29, 1.82) is 0 Å². The molecule has 0 saturated heterocycles. The second-order valence-corrected chi connectivity index (χ2v) is 9.12. The zero-order chi connectivity index (χ0) is 21.5. The lowest BCUT2D eigenvalue weighted by molar-refractivity contribution is 0.0979. The summed E-state index contributed by atoms with van der Waals surface area (Å²) in [7, 11) is -3.35. The lowest BCUT2D eigenvalue weighted by Gasteiger charge is -2.18. The average Bonchev–Trinajstić information content (AvgIpc) is 2.77. The molecule has 0 fully saturated rings. The highest BCUT2D eigenvalue weighted by atomic mass is 32.2. The number of anilines is 1. The minimum absolute atomic E-state index is 0.0243. The van der Waals surface area contributed by atoms with Gasteiger partial charge in [-0.15, -0.1) is 0 Å². The molecular weight excluding hydrogens is 402 g/mol. The molecule has 6 nitrogen and oxygen atoms in total. The molecule has 0 heterocycles. The number of nitrogens with one attached hydrogen (secondary N) is 1. The summed E-state index contributed by atoms with van der Waals surface area (Å²) in [5.41, 5.74) is 1.88. The highest BCUT2D eigenvalue weighted by Crippen LogP contribution is 2.29. The van der Waals surface area contributed by atoms with Crippen molar-refractivity contribution in [3.05, 3.63) is 94.5 Å². The molecule has 0 atom stereocenters. The number of fused-ring (bicyclic) bond motifs is 2. The molecule has 1 aliphatic carbocycles. The van der Waals surface area contributed by atoms with Gasteiger partial charge < -0.3 is 5.32 Å². The number of ketones is 2. The van der Waals surface area contributed by atoms with Crippen LogP contribution >= 0.6 is 0 Å². The largest absolute Gasteiger partial charge is 0.322 e. The highest BCUT2D eigenvalue weighted by molar-refractivity contribution is 7.91. The van der Waals surface area contributed by atoms with E-state index in [4.69, 9.17) is 0 Å². The lowest BCUT2D eigenvalue weighted by atomic mass is 9.84. The Morgan fingerprint density at radius 1 is 0.800 bits per heavy atom. The summed E-state index contributed by atoms with van der Waals surface area (Å²) in [5.74, 6) is -0.981. The first-order valence-electron chi connectivity index (χ1n) is 9.28. The molecule has 1 N–H and O–H groups in total. The first kappa shape index (κ1) is 19.7. The number of amides is 1. The maximum Gasteiger partial charge on any atom is 0.255 e. The van der Waals surface area contributed by atoms with E-state index in [2.05, 4.69) is 5.32 Å². The summed E-state index contributed by atoms with van der Waals surface area (Å²) >= 11 is 0. The van der Waals surface area contributed by atoms with Crippen molar-refractivity contribution < 1.29 is 22.8 Å². The second-order valence-electron chi connectivity index (χ2n) is 6.85. The van der Waals surface area contributed by atoms with Gasteiger partial charge in [-0.05, 0) is 42.5 Å². The van der Waals surface area contributed by atoms with E-state index in [1.54, 1.807) is 37.3 Å². The third-order valence-electron chi connectivity index (χ3n) is 5.04. The van der Waals surface area contributed by atoms with Crippen molar-refractivity contribution in [2.24, 2.45) is 0 Å². The van der Waals surface area contributed by atoms with Gasteiger partial charge in [0.15, 0.2) is 21.4 Å². The van der Waals surface area contributed by atoms with E-state index >= 15 is 0 Å². The maximum atomic E-state index is 12.8. The lowest BCUT2D eigenvalue weighted by Crippen LogP contribution is -2.21. The molecule has 3 aromatic rings. The SMILES string of the molecule is CCS(=O)(=O)c1ccc(C(=O)Nc2ccc3c(c2)C(=O)c2ccccc2C3=O)cc1. The van der Waals surface area contributed by atoms with Crippen molar-refractivity contribution in [2.75, 3.05) is 11.1 Å². The van der Waals surface area contributed by atoms with Crippen LogP contribution < -0.4 is 5.32 Å². The predicted octanol–water partition coefficient (Wildman–Crippen LogP) is 3.51. The van der Waals surface area contributed by atoms with Gasteiger partial charge in [0, 0.05) is 33.5 Å². The third-order valence-corrected chi connectivity index (χ3v) is 6.79. The normalized spacial score (nSPS) is 12.8. The standard InChI is InChI=1S/C23H17NO5S/c1-2-30(28,29)16-10-7-14(8-11-16)23(27)24-15-9-12-19-20(13-15)22(26)18-6-4-3-5-17(18)21(19)25/h3-13H,2H2,1H3,(H,24,27). The van der Waals surface area contributed by atoms with E-state index in [1.165, 1.54) is 36.4 Å². The summed E-state index contributed by atoms with van der Waals surface area (Å²) in [6.07, 6.45) is 0. The monoisotopic (exact) mass is 419 g/mol. The first-order valence-corrected chi connectivity index (χ1v) is 10.9. The van der Waals surface area contributed by atoms with Gasteiger partial charge >= 0.3 is 0 Å². The van der Waals surface area contributed by atoms with Gasteiger partial charge in [0.1, 0.15) is 0 Å². The molecule has 0 saturated carbocycles. The molecule has 0 aromatic heterocycles. The molecule has 0 radical (unpaired) electrons. The molecule has 30 heavy (non-hydrogen) atoms. The van der Waals surface area contributed by atoms with E-state index in [9.17, 15) is 22.8 Å². The zero-order valence-electron chi connectivity index (χ0n) is 16.0. The molecule has 0 spiro atoms. The smallest absolute Gasteiger partial charge is 0.255 e. The Bertz CT molecular complexity index is 1310. The molecule has 0 bridgehead atoms. The molecular formula is C23H17NO5S. The summed E-state index contributed by atoms with van der Waals surface area (Å²) in [4.78, 5) is 38.2. The fourth-order valence-corrected chi connectivity index (χ4v) is 4.24. The number of hydrogen-bond donors (Lipinski definition) is 1.